The first-order chi connectivity index (χ1) is 6.86. The van der Waals surface area contributed by atoms with Gasteiger partial charge >= 0.3 is 0 Å². The first-order valence-electron chi connectivity index (χ1n) is 4.27. The van der Waals surface area contributed by atoms with E-state index >= 15 is 0 Å². The predicted octanol–water partition coefficient (Wildman–Crippen LogP) is 0.687. The van der Waals surface area contributed by atoms with E-state index in [1.54, 1.807) is 24.7 Å². The summed E-state index contributed by atoms with van der Waals surface area (Å²) in [5.74, 6) is 0. The van der Waals surface area contributed by atoms with Gasteiger partial charge < -0.3 is 0 Å². The van der Waals surface area contributed by atoms with Crippen LogP contribution in [0.3, 0.4) is 0 Å². The van der Waals surface area contributed by atoms with Crippen LogP contribution >= 0.6 is 0 Å². The minimum atomic E-state index is -0.0932. The summed E-state index contributed by atoms with van der Waals surface area (Å²) in [6.45, 7) is 0.488. The van der Waals surface area contributed by atoms with E-state index in [9.17, 15) is 4.79 Å². The van der Waals surface area contributed by atoms with Gasteiger partial charge in [0.1, 0.15) is 0 Å². The lowest BCUT2D eigenvalue weighted by Crippen LogP contribution is -2.21. The van der Waals surface area contributed by atoms with E-state index in [1.165, 1.54) is 10.7 Å². The standard InChI is InChI=1S/C10H9N3O/c14-10-2-1-5-12-13(10)8-9-3-6-11-7-4-9/h1-7H,8H2. The van der Waals surface area contributed by atoms with Crippen molar-refractivity contribution >= 4 is 0 Å². The van der Waals surface area contributed by atoms with Crippen LogP contribution in [0.4, 0.5) is 0 Å². The van der Waals surface area contributed by atoms with Crippen LogP contribution in [0.25, 0.3) is 0 Å². The Balaban J connectivity index is 2.28. The van der Waals surface area contributed by atoms with E-state index in [0.29, 0.717) is 6.54 Å². The molecule has 14 heavy (non-hydrogen) atoms. The molecule has 0 fully saturated rings. The minimum Gasteiger partial charge on any atom is -0.268 e. The zero-order valence-corrected chi connectivity index (χ0v) is 7.50. The molecule has 0 atom stereocenters. The molecule has 0 amide bonds. The molecule has 0 saturated heterocycles. The van der Waals surface area contributed by atoms with Crippen molar-refractivity contribution in [3.63, 3.8) is 0 Å². The molecular weight excluding hydrogens is 178 g/mol. The van der Waals surface area contributed by atoms with Crippen molar-refractivity contribution in [2.24, 2.45) is 0 Å². The van der Waals surface area contributed by atoms with Gasteiger partial charge in [0.2, 0.25) is 0 Å². The van der Waals surface area contributed by atoms with Gasteiger partial charge in [0, 0.05) is 24.7 Å². The van der Waals surface area contributed by atoms with Crippen LogP contribution in [0.5, 0.6) is 0 Å². The normalized spacial score (nSPS) is 10.0. The van der Waals surface area contributed by atoms with Crippen LogP contribution in [0.1, 0.15) is 5.56 Å². The second-order valence-corrected chi connectivity index (χ2v) is 2.88. The number of pyridine rings is 1. The van der Waals surface area contributed by atoms with E-state index in [1.807, 2.05) is 12.1 Å². The summed E-state index contributed by atoms with van der Waals surface area (Å²) in [6, 6.07) is 6.85. The Morgan fingerprint density at radius 1 is 1.14 bits per heavy atom. The van der Waals surface area contributed by atoms with Gasteiger partial charge in [0.15, 0.2) is 0 Å². The summed E-state index contributed by atoms with van der Waals surface area (Å²) in [5.41, 5.74) is 0.921. The molecule has 0 unspecified atom stereocenters. The second-order valence-electron chi connectivity index (χ2n) is 2.88. The molecule has 0 N–H and O–H groups in total. The monoisotopic (exact) mass is 187 g/mol. The van der Waals surface area contributed by atoms with Crippen LogP contribution in [-0.2, 0) is 6.54 Å². The zero-order chi connectivity index (χ0) is 9.80. The molecule has 0 spiro atoms. The highest BCUT2D eigenvalue weighted by atomic mass is 16.1. The molecule has 0 aliphatic heterocycles. The fourth-order valence-electron chi connectivity index (χ4n) is 1.17. The average Bonchev–Trinajstić information content (AvgIpc) is 2.23. The molecule has 2 aromatic rings. The summed E-state index contributed by atoms with van der Waals surface area (Å²) in [6.07, 6.45) is 5.00. The number of nitrogens with zero attached hydrogens (tertiary/aromatic N) is 3. The van der Waals surface area contributed by atoms with Crippen LogP contribution < -0.4 is 5.56 Å². The highest BCUT2D eigenvalue weighted by Gasteiger charge is 1.96. The maximum Gasteiger partial charge on any atom is 0.267 e. The minimum absolute atomic E-state index is 0.0932. The summed E-state index contributed by atoms with van der Waals surface area (Å²) >= 11 is 0. The Morgan fingerprint density at radius 3 is 2.64 bits per heavy atom. The summed E-state index contributed by atoms with van der Waals surface area (Å²) in [4.78, 5) is 15.2. The Morgan fingerprint density at radius 2 is 1.93 bits per heavy atom. The van der Waals surface area contributed by atoms with Crippen molar-refractivity contribution in [2.75, 3.05) is 0 Å². The lowest BCUT2D eigenvalue weighted by Gasteiger charge is -2.02. The summed E-state index contributed by atoms with van der Waals surface area (Å²) in [7, 11) is 0. The molecule has 4 heteroatoms. The Bertz CT molecular complexity index is 464. The quantitative estimate of drug-likeness (QED) is 0.694. The van der Waals surface area contributed by atoms with Crippen molar-refractivity contribution in [1.29, 1.82) is 0 Å². The van der Waals surface area contributed by atoms with Crippen LogP contribution in [0.2, 0.25) is 0 Å². The first kappa shape index (κ1) is 8.62. The lowest BCUT2D eigenvalue weighted by molar-refractivity contribution is 0.638. The third kappa shape index (κ3) is 1.85. The SMILES string of the molecule is O=c1cccnn1Cc1ccncc1. The van der Waals surface area contributed by atoms with E-state index in [2.05, 4.69) is 10.1 Å². The van der Waals surface area contributed by atoms with Crippen molar-refractivity contribution < 1.29 is 0 Å². The van der Waals surface area contributed by atoms with Gasteiger partial charge in [0.25, 0.3) is 5.56 Å². The molecular formula is C10H9N3O. The average molecular weight is 187 g/mol. The van der Waals surface area contributed by atoms with E-state index in [4.69, 9.17) is 0 Å². The first-order valence-corrected chi connectivity index (χ1v) is 4.27. The Kier molecular flexibility index (Phi) is 2.36. The number of aromatic nitrogens is 3. The van der Waals surface area contributed by atoms with Crippen molar-refractivity contribution in [3.05, 3.63) is 58.8 Å². The molecule has 0 bridgehead atoms. The fraction of sp³-hybridized carbons (Fsp3) is 0.100. The van der Waals surface area contributed by atoms with Crippen LogP contribution in [0, 0.1) is 0 Å². The highest BCUT2D eigenvalue weighted by molar-refractivity contribution is 5.09. The van der Waals surface area contributed by atoms with E-state index in [-0.39, 0.29) is 5.56 Å². The Labute approximate surface area is 80.9 Å². The van der Waals surface area contributed by atoms with Crippen molar-refractivity contribution in [2.45, 2.75) is 6.54 Å². The largest absolute Gasteiger partial charge is 0.268 e. The van der Waals surface area contributed by atoms with Crippen LogP contribution in [0.15, 0.2) is 47.7 Å². The van der Waals surface area contributed by atoms with E-state index in [0.717, 1.165) is 5.56 Å². The molecule has 70 valence electrons. The van der Waals surface area contributed by atoms with Crippen molar-refractivity contribution in [1.82, 2.24) is 14.8 Å². The molecule has 4 nitrogen and oxygen atoms in total. The summed E-state index contributed by atoms with van der Waals surface area (Å²) in [5, 5.41) is 3.96. The molecule has 2 aromatic heterocycles. The van der Waals surface area contributed by atoms with Gasteiger partial charge in [-0.25, -0.2) is 4.68 Å². The van der Waals surface area contributed by atoms with Gasteiger partial charge in [-0.1, -0.05) is 0 Å². The molecule has 2 rings (SSSR count). The number of hydrogen-bond acceptors (Lipinski definition) is 3. The van der Waals surface area contributed by atoms with Gasteiger partial charge in [0.05, 0.1) is 6.54 Å². The number of rotatable bonds is 2. The van der Waals surface area contributed by atoms with Crippen molar-refractivity contribution in [3.8, 4) is 0 Å². The third-order valence-electron chi connectivity index (χ3n) is 1.87. The predicted molar refractivity (Wildman–Crippen MR) is 51.8 cm³/mol. The summed E-state index contributed by atoms with van der Waals surface area (Å²) < 4.78 is 1.41. The molecule has 0 aliphatic carbocycles. The molecule has 0 radical (unpaired) electrons. The maximum atomic E-state index is 11.3. The Hall–Kier alpha value is -1.97. The maximum absolute atomic E-state index is 11.3. The van der Waals surface area contributed by atoms with Gasteiger partial charge in [-0.2, -0.15) is 5.10 Å². The van der Waals surface area contributed by atoms with Gasteiger partial charge in [-0.05, 0) is 23.8 Å². The molecule has 2 heterocycles. The van der Waals surface area contributed by atoms with Crippen LogP contribution in [-0.4, -0.2) is 14.8 Å². The van der Waals surface area contributed by atoms with Gasteiger partial charge in [-0.3, -0.25) is 9.78 Å². The smallest absolute Gasteiger partial charge is 0.267 e. The lowest BCUT2D eigenvalue weighted by atomic mass is 10.3. The second kappa shape index (κ2) is 3.83. The van der Waals surface area contributed by atoms with E-state index < -0.39 is 0 Å². The third-order valence-corrected chi connectivity index (χ3v) is 1.87. The fourth-order valence-corrected chi connectivity index (χ4v) is 1.17. The number of hydrogen-bond donors (Lipinski definition) is 0. The molecule has 0 aliphatic rings. The molecule has 0 saturated carbocycles. The highest BCUT2D eigenvalue weighted by Crippen LogP contribution is 1.96. The van der Waals surface area contributed by atoms with Gasteiger partial charge in [-0.15, -0.1) is 0 Å². The topological polar surface area (TPSA) is 47.8 Å². The zero-order valence-electron chi connectivity index (χ0n) is 7.50. The molecule has 0 aromatic carbocycles.